The lowest BCUT2D eigenvalue weighted by Crippen LogP contribution is -2.14. The van der Waals surface area contributed by atoms with Gasteiger partial charge in [0.05, 0.1) is 0 Å². The summed E-state index contributed by atoms with van der Waals surface area (Å²) in [6, 6.07) is 0. The van der Waals surface area contributed by atoms with E-state index in [4.69, 9.17) is 11.8 Å². The van der Waals surface area contributed by atoms with Gasteiger partial charge in [-0.15, -0.1) is 0 Å². The molecule has 0 saturated carbocycles. The third-order valence-corrected chi connectivity index (χ3v) is 1.61. The van der Waals surface area contributed by atoms with Crippen LogP contribution in [0.25, 0.3) is 0 Å². The minimum absolute atomic E-state index is 0.257. The molecule has 70 valence electrons. The summed E-state index contributed by atoms with van der Waals surface area (Å²) in [5, 5.41) is 0. The molecule has 0 aromatic heterocycles. The molecular formula is C8H15ClN2O. The van der Waals surface area contributed by atoms with Crippen molar-refractivity contribution in [3.05, 3.63) is 11.6 Å². The Kier molecular flexibility index (Phi) is 5.76. The van der Waals surface area contributed by atoms with Crippen molar-refractivity contribution in [2.75, 3.05) is 20.6 Å². The molecule has 0 aliphatic rings. The van der Waals surface area contributed by atoms with E-state index < -0.39 is 0 Å². The largest absolute Gasteiger partial charge is 0.309 e. The normalized spacial score (nSPS) is 11.9. The zero-order valence-corrected chi connectivity index (χ0v) is 8.48. The topological polar surface area (TPSA) is 32.3 Å². The second-order valence-corrected chi connectivity index (χ2v) is 3.19. The van der Waals surface area contributed by atoms with E-state index in [0.717, 1.165) is 18.5 Å². The summed E-state index contributed by atoms with van der Waals surface area (Å²) in [4.78, 5) is 14.8. The number of amides is 1. The average Bonchev–Trinajstić information content (AvgIpc) is 2.00. The highest BCUT2D eigenvalue weighted by molar-refractivity contribution is 6.23. The molecule has 0 aliphatic carbocycles. The number of halogens is 1. The van der Waals surface area contributed by atoms with E-state index in [1.807, 2.05) is 25.9 Å². The van der Waals surface area contributed by atoms with Crippen LogP contribution < -0.4 is 4.84 Å². The van der Waals surface area contributed by atoms with Gasteiger partial charge in [-0.1, -0.05) is 5.57 Å². The maximum atomic E-state index is 10.7. The average molecular weight is 191 g/mol. The third kappa shape index (κ3) is 6.19. The van der Waals surface area contributed by atoms with E-state index in [0.29, 0.717) is 0 Å². The van der Waals surface area contributed by atoms with E-state index in [2.05, 4.69) is 4.90 Å². The molecule has 0 heterocycles. The maximum Gasteiger partial charge on any atom is 0.258 e. The Morgan fingerprint density at radius 3 is 2.58 bits per heavy atom. The van der Waals surface area contributed by atoms with E-state index in [1.54, 1.807) is 0 Å². The van der Waals surface area contributed by atoms with Crippen LogP contribution in [0.15, 0.2) is 11.6 Å². The second kappa shape index (κ2) is 6.03. The highest BCUT2D eigenvalue weighted by Crippen LogP contribution is 1.99. The Hall–Kier alpha value is -0.540. The van der Waals surface area contributed by atoms with Gasteiger partial charge in [0.15, 0.2) is 0 Å². The van der Waals surface area contributed by atoms with Crippen molar-refractivity contribution in [1.29, 1.82) is 0 Å². The van der Waals surface area contributed by atoms with Crippen molar-refractivity contribution in [1.82, 2.24) is 9.74 Å². The fourth-order valence-corrected chi connectivity index (χ4v) is 0.778. The number of hydrogen-bond donors (Lipinski definition) is 1. The van der Waals surface area contributed by atoms with E-state index >= 15 is 0 Å². The summed E-state index contributed by atoms with van der Waals surface area (Å²) in [7, 11) is 3.99. The number of nitrogens with zero attached hydrogens (tertiary/aromatic N) is 1. The Morgan fingerprint density at radius 1 is 1.58 bits per heavy atom. The molecule has 0 rings (SSSR count). The number of carbonyl (C=O) groups excluding carboxylic acids is 1. The molecule has 0 atom stereocenters. The van der Waals surface area contributed by atoms with Gasteiger partial charge in [0.1, 0.15) is 0 Å². The fraction of sp³-hybridized carbons (Fsp3) is 0.625. The van der Waals surface area contributed by atoms with Crippen LogP contribution in [0.3, 0.4) is 0 Å². The lowest BCUT2D eigenvalue weighted by molar-refractivity contribution is -0.114. The first kappa shape index (κ1) is 11.5. The van der Waals surface area contributed by atoms with Gasteiger partial charge in [-0.05, 0) is 27.4 Å². The number of hydrogen-bond acceptors (Lipinski definition) is 2. The molecular weight excluding hydrogens is 176 g/mol. The van der Waals surface area contributed by atoms with Crippen molar-refractivity contribution < 1.29 is 4.79 Å². The molecule has 0 aromatic carbocycles. The zero-order chi connectivity index (χ0) is 9.56. The quantitative estimate of drug-likeness (QED) is 0.533. The summed E-state index contributed by atoms with van der Waals surface area (Å²) in [5.41, 5.74) is 1.03. The first-order valence-corrected chi connectivity index (χ1v) is 4.16. The minimum Gasteiger partial charge on any atom is -0.309 e. The zero-order valence-electron chi connectivity index (χ0n) is 7.72. The minimum atomic E-state index is -0.257. The van der Waals surface area contributed by atoms with Crippen molar-refractivity contribution in [3.63, 3.8) is 0 Å². The highest BCUT2D eigenvalue weighted by atomic mass is 35.5. The maximum absolute atomic E-state index is 10.7. The molecule has 0 aliphatic heterocycles. The van der Waals surface area contributed by atoms with Crippen LogP contribution in [0, 0.1) is 0 Å². The molecule has 1 amide bonds. The summed E-state index contributed by atoms with van der Waals surface area (Å²) >= 11 is 5.10. The Bertz CT molecular complexity index is 178. The first-order chi connectivity index (χ1) is 5.56. The van der Waals surface area contributed by atoms with Gasteiger partial charge >= 0.3 is 0 Å². The van der Waals surface area contributed by atoms with Crippen LogP contribution in [0.4, 0.5) is 0 Å². The predicted molar refractivity (Wildman–Crippen MR) is 50.9 cm³/mol. The van der Waals surface area contributed by atoms with Crippen LogP contribution in [-0.2, 0) is 4.79 Å². The number of rotatable bonds is 4. The Labute approximate surface area is 78.5 Å². The Balaban J connectivity index is 3.78. The SMILES string of the molecule is CC(=CC(=O)NCl)CCN(C)C. The van der Waals surface area contributed by atoms with Crippen LogP contribution in [0.5, 0.6) is 0 Å². The second-order valence-electron chi connectivity index (χ2n) is 3.00. The summed E-state index contributed by atoms with van der Waals surface area (Å²) < 4.78 is 0. The summed E-state index contributed by atoms with van der Waals surface area (Å²) in [6.45, 7) is 2.85. The molecule has 0 radical (unpaired) electrons. The van der Waals surface area contributed by atoms with Crippen molar-refractivity contribution in [2.24, 2.45) is 0 Å². The van der Waals surface area contributed by atoms with Gasteiger partial charge in [-0.3, -0.25) is 9.63 Å². The molecule has 0 aromatic rings. The van der Waals surface area contributed by atoms with Gasteiger partial charge in [0.25, 0.3) is 5.91 Å². The van der Waals surface area contributed by atoms with Crippen molar-refractivity contribution in [2.45, 2.75) is 13.3 Å². The van der Waals surface area contributed by atoms with Crippen molar-refractivity contribution in [3.8, 4) is 0 Å². The molecule has 0 spiro atoms. The summed E-state index contributed by atoms with van der Waals surface area (Å²) in [5.74, 6) is -0.257. The summed E-state index contributed by atoms with van der Waals surface area (Å²) in [6.07, 6.45) is 2.40. The smallest absolute Gasteiger partial charge is 0.258 e. The first-order valence-electron chi connectivity index (χ1n) is 3.78. The molecule has 0 saturated heterocycles. The van der Waals surface area contributed by atoms with Gasteiger partial charge in [-0.25, -0.2) is 0 Å². The highest BCUT2D eigenvalue weighted by Gasteiger charge is 1.96. The van der Waals surface area contributed by atoms with E-state index in [1.165, 1.54) is 6.08 Å². The predicted octanol–water partition coefficient (Wildman–Crippen LogP) is 1.15. The van der Waals surface area contributed by atoms with E-state index in [9.17, 15) is 4.79 Å². The van der Waals surface area contributed by atoms with Crippen LogP contribution in [-0.4, -0.2) is 31.4 Å². The van der Waals surface area contributed by atoms with Gasteiger partial charge in [0.2, 0.25) is 0 Å². The van der Waals surface area contributed by atoms with Crippen LogP contribution >= 0.6 is 11.8 Å². The Morgan fingerprint density at radius 2 is 2.17 bits per heavy atom. The molecule has 12 heavy (non-hydrogen) atoms. The number of carbonyl (C=O) groups is 1. The molecule has 0 bridgehead atoms. The molecule has 4 heteroatoms. The van der Waals surface area contributed by atoms with E-state index in [-0.39, 0.29) is 5.91 Å². The van der Waals surface area contributed by atoms with Crippen LogP contribution in [0.1, 0.15) is 13.3 Å². The van der Waals surface area contributed by atoms with Gasteiger partial charge < -0.3 is 4.90 Å². The van der Waals surface area contributed by atoms with Crippen molar-refractivity contribution >= 4 is 17.7 Å². The molecule has 1 N–H and O–H groups in total. The standard InChI is InChI=1S/C8H15ClN2O/c1-7(4-5-11(2)3)6-8(12)10-9/h6H,4-5H2,1-3H3,(H,10,12). The molecule has 0 fully saturated rings. The van der Waals surface area contributed by atoms with Gasteiger partial charge in [0, 0.05) is 24.4 Å². The molecule has 0 unspecified atom stereocenters. The number of nitrogens with one attached hydrogen (secondary N) is 1. The van der Waals surface area contributed by atoms with Crippen LogP contribution in [0.2, 0.25) is 0 Å². The molecule has 3 nitrogen and oxygen atoms in total. The lowest BCUT2D eigenvalue weighted by Gasteiger charge is -2.08. The third-order valence-electron chi connectivity index (χ3n) is 1.42. The fourth-order valence-electron chi connectivity index (χ4n) is 0.723. The van der Waals surface area contributed by atoms with Gasteiger partial charge in [-0.2, -0.15) is 0 Å². The lowest BCUT2D eigenvalue weighted by atomic mass is 10.2. The monoisotopic (exact) mass is 190 g/mol.